The number of benzene rings is 4. The first kappa shape index (κ1) is 28.6. The largest absolute Gasteiger partial charge is 0.505 e. The molecule has 1 N–H and O–H groups in total. The number of para-hydroxylation sites is 1. The van der Waals surface area contributed by atoms with Gasteiger partial charge in [-0.1, -0.05) is 91.0 Å². The van der Waals surface area contributed by atoms with Crippen molar-refractivity contribution in [2.24, 2.45) is 5.92 Å². The SMILES string of the molecule is O=C1C(c2ccccc2)=CC(=O)[C@@]2(c3ccccc3)[C@@H](c3ccc(O)c(F)c3)C3=CCn4c(=O)n(-c5ccccc5)c(=O)n4[C@@H]3C[C@@H]12. The number of fused-ring (bicyclic) bond motifs is 4. The van der Waals surface area contributed by atoms with Crippen molar-refractivity contribution in [3.8, 4) is 11.4 Å². The van der Waals surface area contributed by atoms with E-state index in [1.807, 2.05) is 18.2 Å². The molecule has 0 spiro atoms. The van der Waals surface area contributed by atoms with Crippen LogP contribution in [0.3, 0.4) is 0 Å². The Morgan fingerprint density at radius 2 is 1.45 bits per heavy atom. The summed E-state index contributed by atoms with van der Waals surface area (Å²) >= 11 is 0. The summed E-state index contributed by atoms with van der Waals surface area (Å²) in [6, 6.07) is 29.8. The lowest BCUT2D eigenvalue weighted by molar-refractivity contribution is -0.133. The molecule has 0 saturated heterocycles. The molecule has 4 atom stereocenters. The van der Waals surface area contributed by atoms with Gasteiger partial charge in [0, 0.05) is 17.4 Å². The summed E-state index contributed by atoms with van der Waals surface area (Å²) in [5, 5.41) is 10.1. The number of allylic oxidation sites excluding steroid dienone is 4. The zero-order chi connectivity index (χ0) is 32.4. The van der Waals surface area contributed by atoms with E-state index < -0.39 is 46.2 Å². The van der Waals surface area contributed by atoms with Crippen LogP contribution in [0, 0.1) is 11.7 Å². The smallest absolute Gasteiger partial charge is 0.352 e. The summed E-state index contributed by atoms with van der Waals surface area (Å²) in [7, 11) is 0. The molecule has 3 aliphatic rings. The highest BCUT2D eigenvalue weighted by molar-refractivity contribution is 6.31. The van der Waals surface area contributed by atoms with Crippen LogP contribution in [0.5, 0.6) is 5.75 Å². The number of aromatic hydroxyl groups is 1. The number of hydrogen-bond acceptors (Lipinski definition) is 5. The fourth-order valence-electron chi connectivity index (χ4n) is 8.01. The average Bonchev–Trinajstić information content (AvgIpc) is 3.36. The Kier molecular flexibility index (Phi) is 6.47. The molecule has 4 aromatic carbocycles. The Labute approximate surface area is 267 Å². The van der Waals surface area contributed by atoms with Crippen LogP contribution in [-0.4, -0.2) is 30.6 Å². The minimum absolute atomic E-state index is 0.0274. The quantitative estimate of drug-likeness (QED) is 0.280. The van der Waals surface area contributed by atoms with Gasteiger partial charge in [-0.3, -0.25) is 9.59 Å². The summed E-state index contributed by atoms with van der Waals surface area (Å²) in [5.41, 5.74) is 0.231. The van der Waals surface area contributed by atoms with Crippen molar-refractivity contribution in [2.45, 2.75) is 30.3 Å². The molecule has 1 aliphatic heterocycles. The number of nitrogens with zero attached hydrogens (tertiary/aromatic N) is 3. The van der Waals surface area contributed by atoms with E-state index in [-0.39, 0.29) is 30.1 Å². The number of phenolic OH excluding ortho intramolecular Hbond substituents is 1. The second-order valence-corrected chi connectivity index (χ2v) is 12.2. The van der Waals surface area contributed by atoms with E-state index in [1.54, 1.807) is 84.9 Å². The minimum Gasteiger partial charge on any atom is -0.505 e. The molecule has 8 nitrogen and oxygen atoms in total. The van der Waals surface area contributed by atoms with Crippen LogP contribution in [0.15, 0.2) is 137 Å². The molecule has 0 amide bonds. The number of carbonyl (C=O) groups excluding carboxylic acids is 2. The van der Waals surface area contributed by atoms with Crippen LogP contribution < -0.4 is 11.4 Å². The molecule has 5 aromatic rings. The zero-order valence-corrected chi connectivity index (χ0v) is 25.0. The van der Waals surface area contributed by atoms with E-state index >= 15 is 4.39 Å². The first-order valence-corrected chi connectivity index (χ1v) is 15.4. The van der Waals surface area contributed by atoms with Gasteiger partial charge in [0.25, 0.3) is 0 Å². The van der Waals surface area contributed by atoms with Gasteiger partial charge >= 0.3 is 11.4 Å². The van der Waals surface area contributed by atoms with Gasteiger partial charge in [0.2, 0.25) is 0 Å². The highest BCUT2D eigenvalue weighted by Crippen LogP contribution is 2.61. The lowest BCUT2D eigenvalue weighted by Crippen LogP contribution is -2.58. The van der Waals surface area contributed by atoms with E-state index in [9.17, 15) is 24.3 Å². The molecule has 1 saturated carbocycles. The monoisotopic (exact) mass is 625 g/mol. The van der Waals surface area contributed by atoms with Crippen LogP contribution in [0.1, 0.15) is 35.1 Å². The summed E-state index contributed by atoms with van der Waals surface area (Å²) in [4.78, 5) is 57.7. The summed E-state index contributed by atoms with van der Waals surface area (Å²) in [6.07, 6.45) is 3.28. The predicted octanol–water partition coefficient (Wildman–Crippen LogP) is 5.10. The number of halogens is 1. The second-order valence-electron chi connectivity index (χ2n) is 12.2. The predicted molar refractivity (Wildman–Crippen MR) is 173 cm³/mol. The number of aromatic nitrogens is 3. The van der Waals surface area contributed by atoms with Gasteiger partial charge in [-0.15, -0.1) is 0 Å². The highest BCUT2D eigenvalue weighted by Gasteiger charge is 2.63. The Bertz CT molecular complexity index is 2270. The average molecular weight is 626 g/mol. The van der Waals surface area contributed by atoms with Gasteiger partial charge in [0.15, 0.2) is 23.1 Å². The van der Waals surface area contributed by atoms with Crippen LogP contribution in [0.2, 0.25) is 0 Å². The fraction of sp³-hybridized carbons (Fsp3) is 0.158. The molecule has 0 bridgehead atoms. The van der Waals surface area contributed by atoms with E-state index in [2.05, 4.69) is 0 Å². The van der Waals surface area contributed by atoms with Crippen LogP contribution in [-0.2, 0) is 21.5 Å². The minimum atomic E-state index is -1.50. The molecule has 1 fully saturated rings. The van der Waals surface area contributed by atoms with Gasteiger partial charge < -0.3 is 5.11 Å². The Morgan fingerprint density at radius 1 is 0.787 bits per heavy atom. The van der Waals surface area contributed by atoms with E-state index in [1.165, 1.54) is 27.6 Å². The second kappa shape index (κ2) is 10.6. The van der Waals surface area contributed by atoms with Gasteiger partial charge in [-0.25, -0.2) is 27.9 Å². The zero-order valence-electron chi connectivity index (χ0n) is 25.0. The maximum absolute atomic E-state index is 15.2. The maximum atomic E-state index is 15.2. The summed E-state index contributed by atoms with van der Waals surface area (Å²) < 4.78 is 19.0. The topological polar surface area (TPSA) is 103 Å². The lowest BCUT2D eigenvalue weighted by atomic mass is 9.47. The maximum Gasteiger partial charge on any atom is 0.352 e. The molecule has 2 heterocycles. The molecule has 0 unspecified atom stereocenters. The van der Waals surface area contributed by atoms with Crippen molar-refractivity contribution in [3.63, 3.8) is 0 Å². The molecular weight excluding hydrogens is 597 g/mol. The van der Waals surface area contributed by atoms with Gasteiger partial charge in [-0.05, 0) is 59.0 Å². The van der Waals surface area contributed by atoms with Gasteiger partial charge in [0.05, 0.1) is 23.7 Å². The van der Waals surface area contributed by atoms with Crippen molar-refractivity contribution in [1.29, 1.82) is 0 Å². The fourth-order valence-corrected chi connectivity index (χ4v) is 8.01. The highest BCUT2D eigenvalue weighted by atomic mass is 19.1. The number of ketones is 2. The number of hydrogen-bond donors (Lipinski definition) is 1. The van der Waals surface area contributed by atoms with Crippen LogP contribution in [0.25, 0.3) is 11.3 Å². The molecule has 47 heavy (non-hydrogen) atoms. The van der Waals surface area contributed by atoms with E-state index in [0.29, 0.717) is 28.0 Å². The van der Waals surface area contributed by atoms with Crippen LogP contribution >= 0.6 is 0 Å². The van der Waals surface area contributed by atoms with E-state index in [4.69, 9.17) is 0 Å². The van der Waals surface area contributed by atoms with Crippen molar-refractivity contribution >= 4 is 17.1 Å². The molecule has 9 heteroatoms. The molecule has 2 aliphatic carbocycles. The Balaban J connectivity index is 1.43. The molecule has 1 aromatic heterocycles. The van der Waals surface area contributed by atoms with E-state index in [0.717, 1.165) is 4.57 Å². The third-order valence-corrected chi connectivity index (χ3v) is 9.96. The number of Topliss-reactive ketones (excluding diaryl/α,β-unsaturated/α-hetero) is 1. The molecule has 8 rings (SSSR count). The number of carbonyl (C=O) groups is 2. The van der Waals surface area contributed by atoms with Crippen molar-refractivity contribution < 1.29 is 19.1 Å². The van der Waals surface area contributed by atoms with Gasteiger partial charge in [-0.2, -0.15) is 0 Å². The normalized spacial score (nSPS) is 23.3. The van der Waals surface area contributed by atoms with Crippen molar-refractivity contribution in [2.75, 3.05) is 0 Å². The van der Waals surface area contributed by atoms with Crippen molar-refractivity contribution in [1.82, 2.24) is 13.9 Å². The van der Waals surface area contributed by atoms with Crippen molar-refractivity contribution in [3.05, 3.63) is 170 Å². The Morgan fingerprint density at radius 3 is 2.13 bits per heavy atom. The summed E-state index contributed by atoms with van der Waals surface area (Å²) in [5.74, 6) is -3.92. The standard InChI is InChI=1S/C38H28FN3O5/c39-30-20-24(16-17-32(30)43)34-27-18-19-40-36(46)41(26-14-8-3-9-15-26)37(47)42(40)31(27)22-29-35(45)28(23-10-4-1-5-11-23)21-33(44)38(29,34)25-12-6-2-7-13-25/h1-18,20-21,29,31,34,43H,19,22H2/t29-,31+,34-,38-/m0/s1. The lowest BCUT2D eigenvalue weighted by Gasteiger charge is -2.54. The molecule has 0 radical (unpaired) electrons. The van der Waals surface area contributed by atoms with Crippen LogP contribution in [0.4, 0.5) is 4.39 Å². The first-order valence-electron chi connectivity index (χ1n) is 15.4. The first-order chi connectivity index (χ1) is 22.8. The molecule has 232 valence electrons. The molecular formula is C38H28FN3O5. The summed E-state index contributed by atoms with van der Waals surface area (Å²) in [6.45, 7) is 0.0274. The van der Waals surface area contributed by atoms with Gasteiger partial charge in [0.1, 0.15) is 0 Å². The number of phenols is 1. The Hall–Kier alpha value is -5.83. The third kappa shape index (κ3) is 4.05. The number of rotatable bonds is 4. The third-order valence-electron chi connectivity index (χ3n) is 9.96.